The Kier molecular flexibility index (Phi) is 9.60. The number of aliphatic imine (C=N–C) groups is 1. The van der Waals surface area contributed by atoms with Crippen LogP contribution in [0.1, 0.15) is 6.42 Å². The van der Waals surface area contributed by atoms with Gasteiger partial charge in [-0.3, -0.25) is 9.79 Å². The van der Waals surface area contributed by atoms with Crippen LogP contribution in [0, 0.1) is 0 Å². The van der Waals surface area contributed by atoms with Gasteiger partial charge in [-0.1, -0.05) is 15.9 Å². The zero-order valence-corrected chi connectivity index (χ0v) is 16.7. The molecule has 0 aliphatic heterocycles. The second kappa shape index (κ2) is 9.99. The number of benzene rings is 1. The minimum Gasteiger partial charge on any atom is -0.349 e. The summed E-state index contributed by atoms with van der Waals surface area (Å²) < 4.78 is 0.988. The molecule has 0 bridgehead atoms. The molecule has 0 radical (unpaired) electrons. The van der Waals surface area contributed by atoms with Gasteiger partial charge in [0.25, 0.3) is 0 Å². The maximum Gasteiger partial charge on any atom is 0.226 e. The van der Waals surface area contributed by atoms with Gasteiger partial charge in [-0.2, -0.15) is 0 Å². The molecule has 0 saturated heterocycles. The number of nitrogens with one attached hydrogen (secondary N) is 1. The largest absolute Gasteiger partial charge is 0.349 e. The quantitative estimate of drug-likeness (QED) is 0.420. The van der Waals surface area contributed by atoms with E-state index in [4.69, 9.17) is 0 Å². The summed E-state index contributed by atoms with van der Waals surface area (Å²) in [5.41, 5.74) is 0.794. The molecule has 7 heteroatoms. The van der Waals surface area contributed by atoms with E-state index in [0.29, 0.717) is 13.0 Å². The van der Waals surface area contributed by atoms with E-state index >= 15 is 0 Å². The van der Waals surface area contributed by atoms with Gasteiger partial charge in [0.05, 0.1) is 6.54 Å². The molecule has 0 unspecified atom stereocenters. The molecule has 1 N–H and O–H groups in total. The van der Waals surface area contributed by atoms with Crippen molar-refractivity contribution in [2.45, 2.75) is 6.42 Å². The lowest BCUT2D eigenvalue weighted by Crippen LogP contribution is -2.35. The molecule has 0 heterocycles. The topological polar surface area (TPSA) is 47.9 Å². The van der Waals surface area contributed by atoms with Gasteiger partial charge in [0, 0.05) is 44.8 Å². The molecule has 0 saturated carbocycles. The minimum absolute atomic E-state index is 0. The smallest absolute Gasteiger partial charge is 0.226 e. The average molecular weight is 469 g/mol. The molecule has 0 fully saturated rings. The molecule has 0 spiro atoms. The molecule has 5 nitrogen and oxygen atoms in total. The summed E-state index contributed by atoms with van der Waals surface area (Å²) in [6.45, 7) is 0.466. The number of rotatable bonds is 4. The van der Waals surface area contributed by atoms with Gasteiger partial charge in [0.2, 0.25) is 5.91 Å². The summed E-state index contributed by atoms with van der Waals surface area (Å²) in [4.78, 5) is 20.1. The molecule has 1 aromatic carbocycles. The lowest BCUT2D eigenvalue weighted by atomic mass is 10.3. The molecule has 1 aromatic rings. The van der Waals surface area contributed by atoms with Crippen LogP contribution in [-0.4, -0.2) is 56.4 Å². The van der Waals surface area contributed by atoms with E-state index in [-0.39, 0.29) is 29.9 Å². The Morgan fingerprint density at radius 2 is 1.67 bits per heavy atom. The fourth-order valence-corrected chi connectivity index (χ4v) is 1.96. The van der Waals surface area contributed by atoms with Gasteiger partial charge in [-0.25, -0.2) is 0 Å². The van der Waals surface area contributed by atoms with Crippen LogP contribution in [0.5, 0.6) is 0 Å². The molecular formula is C14H22BrIN4O. The zero-order valence-electron chi connectivity index (χ0n) is 12.8. The van der Waals surface area contributed by atoms with Gasteiger partial charge in [0.15, 0.2) is 5.96 Å². The van der Waals surface area contributed by atoms with Crippen LogP contribution in [0.2, 0.25) is 0 Å². The van der Waals surface area contributed by atoms with E-state index in [1.807, 2.05) is 62.3 Å². The standard InChI is InChI=1S/C14H21BrN4O.HI/c1-18(2)14(19(3)4)16-10-9-13(20)17-12-7-5-11(15)6-8-12;/h5-8H,9-10H2,1-4H3,(H,17,20);1H. The van der Waals surface area contributed by atoms with E-state index in [0.717, 1.165) is 16.1 Å². The predicted molar refractivity (Wildman–Crippen MR) is 102 cm³/mol. The zero-order chi connectivity index (χ0) is 15.1. The highest BCUT2D eigenvalue weighted by Gasteiger charge is 2.05. The van der Waals surface area contributed by atoms with Gasteiger partial charge < -0.3 is 15.1 Å². The lowest BCUT2D eigenvalue weighted by Gasteiger charge is -2.22. The van der Waals surface area contributed by atoms with E-state index in [1.54, 1.807) is 0 Å². The van der Waals surface area contributed by atoms with Crippen molar-refractivity contribution in [2.75, 3.05) is 40.1 Å². The van der Waals surface area contributed by atoms with E-state index < -0.39 is 0 Å². The normalized spacial score (nSPS) is 9.38. The molecule has 1 rings (SSSR count). The third kappa shape index (κ3) is 7.66. The molecule has 0 aromatic heterocycles. The van der Waals surface area contributed by atoms with Crippen molar-refractivity contribution in [3.05, 3.63) is 28.7 Å². The van der Waals surface area contributed by atoms with Crippen molar-refractivity contribution in [2.24, 2.45) is 4.99 Å². The van der Waals surface area contributed by atoms with E-state index in [9.17, 15) is 4.79 Å². The summed E-state index contributed by atoms with van der Waals surface area (Å²) in [6, 6.07) is 7.50. The highest BCUT2D eigenvalue weighted by molar-refractivity contribution is 14.0. The Morgan fingerprint density at radius 1 is 1.14 bits per heavy atom. The first-order valence-electron chi connectivity index (χ1n) is 6.34. The maximum atomic E-state index is 11.8. The summed E-state index contributed by atoms with van der Waals surface area (Å²) in [5, 5.41) is 2.85. The number of anilines is 1. The monoisotopic (exact) mass is 468 g/mol. The Labute approximate surface area is 151 Å². The molecular weight excluding hydrogens is 447 g/mol. The average Bonchev–Trinajstić information content (AvgIpc) is 2.36. The number of halogens is 2. The van der Waals surface area contributed by atoms with Crippen molar-refractivity contribution in [3.8, 4) is 0 Å². The molecule has 118 valence electrons. The lowest BCUT2D eigenvalue weighted by molar-refractivity contribution is -0.116. The van der Waals surface area contributed by atoms with Crippen molar-refractivity contribution in [1.82, 2.24) is 9.80 Å². The summed E-state index contributed by atoms with van der Waals surface area (Å²) in [5.74, 6) is 0.814. The van der Waals surface area contributed by atoms with Gasteiger partial charge in [-0.05, 0) is 24.3 Å². The highest BCUT2D eigenvalue weighted by atomic mass is 127. The third-order valence-electron chi connectivity index (χ3n) is 2.52. The van der Waals surface area contributed by atoms with Crippen LogP contribution in [0.3, 0.4) is 0 Å². The van der Waals surface area contributed by atoms with Crippen molar-refractivity contribution < 1.29 is 4.79 Å². The molecule has 1 amide bonds. The number of amides is 1. The van der Waals surface area contributed by atoms with Crippen molar-refractivity contribution in [1.29, 1.82) is 0 Å². The Bertz CT molecular complexity index is 464. The molecule has 21 heavy (non-hydrogen) atoms. The van der Waals surface area contributed by atoms with Crippen LogP contribution < -0.4 is 5.32 Å². The van der Waals surface area contributed by atoms with Gasteiger partial charge in [-0.15, -0.1) is 24.0 Å². The third-order valence-corrected chi connectivity index (χ3v) is 3.05. The highest BCUT2D eigenvalue weighted by Crippen LogP contribution is 2.14. The van der Waals surface area contributed by atoms with Crippen LogP contribution in [0.4, 0.5) is 5.69 Å². The Morgan fingerprint density at radius 3 is 2.14 bits per heavy atom. The maximum absolute atomic E-state index is 11.8. The molecule has 0 atom stereocenters. The van der Waals surface area contributed by atoms with Crippen LogP contribution in [0.25, 0.3) is 0 Å². The summed E-state index contributed by atoms with van der Waals surface area (Å²) in [6.07, 6.45) is 0.362. The van der Waals surface area contributed by atoms with Gasteiger partial charge >= 0.3 is 0 Å². The van der Waals surface area contributed by atoms with Crippen molar-refractivity contribution >= 4 is 57.5 Å². The molecule has 0 aliphatic carbocycles. The second-order valence-electron chi connectivity index (χ2n) is 4.78. The summed E-state index contributed by atoms with van der Waals surface area (Å²) >= 11 is 3.36. The SMILES string of the molecule is CN(C)C(=NCCC(=O)Nc1ccc(Br)cc1)N(C)C.I. The van der Waals surface area contributed by atoms with E-state index in [1.165, 1.54) is 0 Å². The number of guanidine groups is 1. The number of carbonyl (C=O) groups excluding carboxylic acids is 1. The Balaban J connectivity index is 0.00000400. The van der Waals surface area contributed by atoms with E-state index in [2.05, 4.69) is 26.2 Å². The van der Waals surface area contributed by atoms with Crippen molar-refractivity contribution in [3.63, 3.8) is 0 Å². The first-order chi connectivity index (χ1) is 9.40. The number of hydrogen-bond donors (Lipinski definition) is 1. The predicted octanol–water partition coefficient (Wildman–Crippen LogP) is 2.87. The van der Waals surface area contributed by atoms with Crippen LogP contribution in [0.15, 0.2) is 33.7 Å². The van der Waals surface area contributed by atoms with Crippen LogP contribution in [-0.2, 0) is 4.79 Å². The van der Waals surface area contributed by atoms with Crippen LogP contribution >= 0.6 is 39.9 Å². The fraction of sp³-hybridized carbons (Fsp3) is 0.429. The fourth-order valence-electron chi connectivity index (χ4n) is 1.70. The number of carbonyl (C=O) groups is 1. The Hall–Kier alpha value is -0.830. The first-order valence-corrected chi connectivity index (χ1v) is 7.14. The second-order valence-corrected chi connectivity index (χ2v) is 5.69. The summed E-state index contributed by atoms with van der Waals surface area (Å²) in [7, 11) is 7.73. The first kappa shape index (κ1) is 20.2. The van der Waals surface area contributed by atoms with Gasteiger partial charge in [0.1, 0.15) is 0 Å². The number of nitrogens with zero attached hydrogens (tertiary/aromatic N) is 3. The number of hydrogen-bond acceptors (Lipinski definition) is 2. The molecule has 0 aliphatic rings. The minimum atomic E-state index is -0.0343.